The highest BCUT2D eigenvalue weighted by atomic mass is 32.1. The number of anilines is 2. The Morgan fingerprint density at radius 1 is 0.578 bits per heavy atom. The SMILES string of the molecule is CC(C)(C)c1ccc(N2B3c4cc5nc(-c6ccccc6)sc5cc4-n4c5ccc(C(C)(C)C)cc5c5c6sc7ccccc7c6c(c3c54)-c3cc4c(cc32)oc2ccccc24)cc1. The molecule has 0 unspecified atom stereocenters. The maximum Gasteiger partial charge on any atom is 0.333 e. The predicted octanol–water partition coefficient (Wildman–Crippen LogP) is 15.2. The summed E-state index contributed by atoms with van der Waals surface area (Å²) in [5.41, 5.74) is 17.8. The lowest BCUT2D eigenvalue weighted by Crippen LogP contribution is -2.60. The summed E-state index contributed by atoms with van der Waals surface area (Å²) in [5, 5.41) is 8.62. The molecular weight excluding hydrogens is 818 g/mol. The van der Waals surface area contributed by atoms with Gasteiger partial charge in [0.25, 0.3) is 0 Å². The molecule has 0 fully saturated rings. The van der Waals surface area contributed by atoms with E-state index in [0.717, 1.165) is 49.4 Å². The Labute approximate surface area is 379 Å². The molecular formula is C57H42BN3OS2. The maximum atomic E-state index is 6.76. The maximum absolute atomic E-state index is 6.76. The normalized spacial score (nSPS) is 13.7. The van der Waals surface area contributed by atoms with Crippen LogP contribution in [0.5, 0.6) is 0 Å². The van der Waals surface area contributed by atoms with Crippen LogP contribution in [-0.4, -0.2) is 16.4 Å². The van der Waals surface area contributed by atoms with Crippen molar-refractivity contribution in [3.05, 3.63) is 157 Å². The summed E-state index contributed by atoms with van der Waals surface area (Å²) in [4.78, 5) is 8.03. The van der Waals surface area contributed by atoms with Gasteiger partial charge in [-0.3, -0.25) is 0 Å². The number of thiazole rings is 1. The number of para-hydroxylation sites is 1. The largest absolute Gasteiger partial charge is 0.456 e. The Bertz CT molecular complexity index is 3990. The molecule has 2 aliphatic heterocycles. The van der Waals surface area contributed by atoms with Gasteiger partial charge in [0.2, 0.25) is 0 Å². The molecule has 306 valence electrons. The average Bonchev–Trinajstić information content (AvgIpc) is 4.07. The average molecular weight is 860 g/mol. The fourth-order valence-corrected chi connectivity index (χ4v) is 13.2. The molecule has 0 spiro atoms. The van der Waals surface area contributed by atoms with E-state index < -0.39 is 0 Å². The second-order valence-corrected chi connectivity index (χ2v) is 22.0. The van der Waals surface area contributed by atoms with Crippen LogP contribution in [0.15, 0.2) is 150 Å². The topological polar surface area (TPSA) is 34.2 Å². The molecule has 0 N–H and O–H groups in total. The molecule has 0 bridgehead atoms. The molecule has 6 heterocycles. The second kappa shape index (κ2) is 12.5. The zero-order valence-electron chi connectivity index (χ0n) is 36.5. The Hall–Kier alpha value is -6.67. The summed E-state index contributed by atoms with van der Waals surface area (Å²) in [7, 11) is 0. The first-order valence-electron chi connectivity index (χ1n) is 22.3. The van der Waals surface area contributed by atoms with Crippen molar-refractivity contribution in [2.75, 3.05) is 4.81 Å². The quantitative estimate of drug-likeness (QED) is 0.162. The lowest BCUT2D eigenvalue weighted by atomic mass is 9.43. The monoisotopic (exact) mass is 859 g/mol. The number of nitrogens with zero attached hydrogens (tertiary/aromatic N) is 3. The van der Waals surface area contributed by atoms with Gasteiger partial charge in [-0.1, -0.05) is 126 Å². The van der Waals surface area contributed by atoms with Crippen molar-refractivity contribution in [1.29, 1.82) is 0 Å². The van der Waals surface area contributed by atoms with E-state index in [4.69, 9.17) is 9.40 Å². The molecule has 64 heavy (non-hydrogen) atoms. The van der Waals surface area contributed by atoms with Gasteiger partial charge in [0.05, 0.1) is 21.3 Å². The number of benzene rings is 8. The molecule has 0 atom stereocenters. The van der Waals surface area contributed by atoms with Gasteiger partial charge in [-0.25, -0.2) is 4.98 Å². The van der Waals surface area contributed by atoms with Gasteiger partial charge < -0.3 is 13.8 Å². The van der Waals surface area contributed by atoms with Gasteiger partial charge in [0.15, 0.2) is 0 Å². The van der Waals surface area contributed by atoms with Gasteiger partial charge in [-0.15, -0.1) is 22.7 Å². The van der Waals surface area contributed by atoms with Crippen molar-refractivity contribution in [3.63, 3.8) is 0 Å². The molecule has 0 radical (unpaired) electrons. The zero-order valence-corrected chi connectivity index (χ0v) is 38.1. The van der Waals surface area contributed by atoms with E-state index in [-0.39, 0.29) is 17.7 Å². The first-order chi connectivity index (χ1) is 31.0. The summed E-state index contributed by atoms with van der Waals surface area (Å²) >= 11 is 3.73. The van der Waals surface area contributed by atoms with Gasteiger partial charge in [0, 0.05) is 76.0 Å². The van der Waals surface area contributed by atoms with Crippen LogP contribution >= 0.6 is 22.7 Å². The van der Waals surface area contributed by atoms with Crippen LogP contribution in [0.25, 0.3) is 102 Å². The predicted molar refractivity (Wildman–Crippen MR) is 276 cm³/mol. The molecule has 4 nitrogen and oxygen atoms in total. The van der Waals surface area contributed by atoms with E-state index in [1.165, 1.54) is 85.5 Å². The van der Waals surface area contributed by atoms with E-state index in [1.54, 1.807) is 11.3 Å². The molecule has 0 amide bonds. The van der Waals surface area contributed by atoms with E-state index >= 15 is 0 Å². The van der Waals surface area contributed by atoms with Crippen LogP contribution in [0, 0.1) is 0 Å². The number of thiophene rings is 1. The highest BCUT2D eigenvalue weighted by molar-refractivity contribution is 7.27. The zero-order chi connectivity index (χ0) is 43.0. The van der Waals surface area contributed by atoms with Crippen molar-refractivity contribution in [1.82, 2.24) is 9.55 Å². The van der Waals surface area contributed by atoms with Crippen molar-refractivity contribution >= 4 is 126 Å². The van der Waals surface area contributed by atoms with Crippen molar-refractivity contribution in [2.45, 2.75) is 52.4 Å². The Balaban J connectivity index is 1.21. The molecule has 2 aliphatic rings. The fraction of sp³-hybridized carbons (Fsp3) is 0.140. The molecule has 12 aromatic rings. The second-order valence-electron chi connectivity index (χ2n) is 19.9. The number of aromatic nitrogens is 2. The number of hydrogen-bond acceptors (Lipinski definition) is 5. The van der Waals surface area contributed by atoms with E-state index in [9.17, 15) is 0 Å². The summed E-state index contributed by atoms with van der Waals surface area (Å²) in [6.45, 7) is 13.7. The Kier molecular flexibility index (Phi) is 7.20. The third-order valence-corrected chi connectivity index (χ3v) is 16.3. The van der Waals surface area contributed by atoms with Crippen molar-refractivity contribution < 1.29 is 4.42 Å². The third kappa shape index (κ3) is 4.91. The fourth-order valence-electron chi connectivity index (χ4n) is 11.0. The molecule has 14 rings (SSSR count). The number of hydrogen-bond donors (Lipinski definition) is 0. The van der Waals surface area contributed by atoms with Gasteiger partial charge in [0.1, 0.15) is 16.2 Å². The third-order valence-electron chi connectivity index (χ3n) is 14.1. The summed E-state index contributed by atoms with van der Waals surface area (Å²) < 4.78 is 13.2. The number of rotatable bonds is 2. The highest BCUT2D eigenvalue weighted by Crippen LogP contribution is 2.54. The van der Waals surface area contributed by atoms with Crippen molar-refractivity contribution in [3.8, 4) is 27.4 Å². The smallest absolute Gasteiger partial charge is 0.333 e. The molecule has 7 heteroatoms. The summed E-state index contributed by atoms with van der Waals surface area (Å²) in [6, 6.07) is 54.5. The van der Waals surface area contributed by atoms with Crippen LogP contribution in [0.3, 0.4) is 0 Å². The molecule has 8 aromatic carbocycles. The Morgan fingerprint density at radius 3 is 2.11 bits per heavy atom. The molecule has 4 aromatic heterocycles. The lowest BCUT2D eigenvalue weighted by Gasteiger charge is -2.42. The van der Waals surface area contributed by atoms with E-state index in [1.807, 2.05) is 11.3 Å². The van der Waals surface area contributed by atoms with Gasteiger partial charge in [-0.2, -0.15) is 0 Å². The number of fused-ring (bicyclic) bond motifs is 17. The summed E-state index contributed by atoms with van der Waals surface area (Å²) in [6.07, 6.45) is 0. The van der Waals surface area contributed by atoms with Gasteiger partial charge >= 0.3 is 6.85 Å². The highest BCUT2D eigenvalue weighted by Gasteiger charge is 2.46. The lowest BCUT2D eigenvalue weighted by molar-refractivity contribution is 0.590. The van der Waals surface area contributed by atoms with Crippen LogP contribution in [0.1, 0.15) is 52.7 Å². The Morgan fingerprint density at radius 2 is 1.31 bits per heavy atom. The first-order valence-corrected chi connectivity index (χ1v) is 23.9. The van der Waals surface area contributed by atoms with Crippen LogP contribution in [0.4, 0.5) is 11.4 Å². The van der Waals surface area contributed by atoms with Crippen LogP contribution in [-0.2, 0) is 10.8 Å². The summed E-state index contributed by atoms with van der Waals surface area (Å²) in [5.74, 6) is 0. The molecule has 0 saturated carbocycles. The van der Waals surface area contributed by atoms with Crippen molar-refractivity contribution in [2.24, 2.45) is 0 Å². The number of furan rings is 1. The van der Waals surface area contributed by atoms with Crippen LogP contribution < -0.4 is 15.7 Å². The van der Waals surface area contributed by atoms with E-state index in [0.29, 0.717) is 0 Å². The van der Waals surface area contributed by atoms with E-state index in [2.05, 4.69) is 197 Å². The minimum absolute atomic E-state index is 0.0140. The minimum atomic E-state index is -0.171. The first kappa shape index (κ1) is 36.8. The standard InChI is InChI=1S/C57H42BN3OS2/c1-56(2,3)32-20-23-34(24-21-32)61-43-29-46-37(35-16-10-12-18-45(35)62-46)27-39(43)49-50-36-17-11-13-19-47(36)63-54(50)51-38-26-33(57(4,5)6)22-25-42(38)60-44-30-48-41(28-40(44)58(61)52(49)53(51)60)59-55(64-48)31-14-8-7-9-15-31/h7-30H,1-6H3. The van der Waals surface area contributed by atoms with Gasteiger partial charge in [-0.05, 0) is 93.0 Å². The molecule has 0 saturated heterocycles. The minimum Gasteiger partial charge on any atom is -0.456 e. The molecule has 0 aliphatic carbocycles. The van der Waals surface area contributed by atoms with Crippen LogP contribution in [0.2, 0.25) is 0 Å².